The molecule has 3 fully saturated rings. The normalized spacial score (nSPS) is 38.3. The van der Waals surface area contributed by atoms with Crippen molar-refractivity contribution in [2.75, 3.05) is 13.1 Å². The van der Waals surface area contributed by atoms with Gasteiger partial charge >= 0.3 is 5.97 Å². The van der Waals surface area contributed by atoms with Gasteiger partial charge in [-0.05, 0) is 45.1 Å². The third-order valence-corrected chi connectivity index (χ3v) is 5.09. The van der Waals surface area contributed by atoms with Crippen LogP contribution in [-0.2, 0) is 9.59 Å². The monoisotopic (exact) mass is 266 g/mol. The molecule has 2 N–H and O–H groups in total. The van der Waals surface area contributed by atoms with Crippen molar-refractivity contribution in [3.05, 3.63) is 0 Å². The molecule has 106 valence electrons. The standard InChI is InChI=1S/C14H22N2O3/c17-13(9-3-4-10(8-9)14(18)19)15-11-5-7-16-6-1-2-12(11)16/h9-12H,1-8H2,(H,15,17)(H,18,19). The second-order valence-electron chi connectivity index (χ2n) is 6.19. The van der Waals surface area contributed by atoms with Crippen molar-refractivity contribution in [2.45, 2.75) is 50.6 Å². The Morgan fingerprint density at radius 3 is 2.58 bits per heavy atom. The molecule has 5 nitrogen and oxygen atoms in total. The summed E-state index contributed by atoms with van der Waals surface area (Å²) >= 11 is 0. The average Bonchev–Trinajstić information content (AvgIpc) is 3.05. The number of hydrogen-bond donors (Lipinski definition) is 2. The highest BCUT2D eigenvalue weighted by atomic mass is 16.4. The Hall–Kier alpha value is -1.10. The smallest absolute Gasteiger partial charge is 0.306 e. The highest BCUT2D eigenvalue weighted by Gasteiger charge is 2.40. The van der Waals surface area contributed by atoms with Gasteiger partial charge in [-0.3, -0.25) is 14.5 Å². The number of amides is 1. The lowest BCUT2D eigenvalue weighted by Crippen LogP contribution is -2.44. The van der Waals surface area contributed by atoms with E-state index in [4.69, 9.17) is 5.11 Å². The first-order valence-corrected chi connectivity index (χ1v) is 7.42. The summed E-state index contributed by atoms with van der Waals surface area (Å²) < 4.78 is 0. The fourth-order valence-electron chi connectivity index (χ4n) is 4.00. The molecule has 3 aliphatic rings. The van der Waals surface area contributed by atoms with Crippen molar-refractivity contribution in [2.24, 2.45) is 11.8 Å². The second-order valence-corrected chi connectivity index (χ2v) is 6.19. The molecule has 1 amide bonds. The SMILES string of the molecule is O=C(O)C1CCC(C(=O)NC2CCN3CCCC23)C1. The van der Waals surface area contributed by atoms with Gasteiger partial charge in [0.05, 0.1) is 5.92 Å². The first-order chi connectivity index (χ1) is 9.15. The number of carbonyl (C=O) groups is 2. The number of carboxylic acids is 1. The molecule has 0 spiro atoms. The van der Waals surface area contributed by atoms with Crippen LogP contribution in [0.5, 0.6) is 0 Å². The molecule has 5 heteroatoms. The fraction of sp³-hybridized carbons (Fsp3) is 0.857. The minimum Gasteiger partial charge on any atom is -0.481 e. The van der Waals surface area contributed by atoms with Crippen molar-refractivity contribution in [1.29, 1.82) is 0 Å². The molecule has 0 bridgehead atoms. The maximum Gasteiger partial charge on any atom is 0.306 e. The highest BCUT2D eigenvalue weighted by Crippen LogP contribution is 2.32. The van der Waals surface area contributed by atoms with Crippen LogP contribution in [0.3, 0.4) is 0 Å². The van der Waals surface area contributed by atoms with Crippen LogP contribution in [-0.4, -0.2) is 47.1 Å². The van der Waals surface area contributed by atoms with E-state index in [-0.39, 0.29) is 17.7 Å². The minimum absolute atomic E-state index is 0.0856. The zero-order valence-electron chi connectivity index (χ0n) is 11.2. The van der Waals surface area contributed by atoms with Gasteiger partial charge in [0.15, 0.2) is 0 Å². The van der Waals surface area contributed by atoms with Gasteiger partial charge in [0.1, 0.15) is 0 Å². The van der Waals surface area contributed by atoms with Crippen molar-refractivity contribution in [3.63, 3.8) is 0 Å². The van der Waals surface area contributed by atoms with E-state index in [0.717, 1.165) is 19.4 Å². The Labute approximate surface area is 113 Å². The molecule has 2 aliphatic heterocycles. The summed E-state index contributed by atoms with van der Waals surface area (Å²) in [7, 11) is 0. The molecule has 0 aromatic heterocycles. The zero-order chi connectivity index (χ0) is 13.4. The summed E-state index contributed by atoms with van der Waals surface area (Å²) in [4.78, 5) is 25.6. The van der Waals surface area contributed by atoms with Crippen molar-refractivity contribution >= 4 is 11.9 Å². The first kappa shape index (κ1) is 12.9. The lowest BCUT2D eigenvalue weighted by atomic mass is 10.0. The second kappa shape index (κ2) is 5.12. The average molecular weight is 266 g/mol. The lowest BCUT2D eigenvalue weighted by molar-refractivity contribution is -0.141. The molecular weight excluding hydrogens is 244 g/mol. The van der Waals surface area contributed by atoms with Gasteiger partial charge in [0.25, 0.3) is 0 Å². The quantitative estimate of drug-likeness (QED) is 0.794. The number of hydrogen-bond acceptors (Lipinski definition) is 3. The summed E-state index contributed by atoms with van der Waals surface area (Å²) in [6, 6.07) is 0.819. The van der Waals surface area contributed by atoms with Crippen LogP contribution in [0.2, 0.25) is 0 Å². The Morgan fingerprint density at radius 1 is 1.05 bits per heavy atom. The molecule has 0 aromatic carbocycles. The third kappa shape index (κ3) is 2.48. The maximum absolute atomic E-state index is 12.2. The van der Waals surface area contributed by atoms with E-state index in [0.29, 0.717) is 24.9 Å². The van der Waals surface area contributed by atoms with Gasteiger partial charge in [-0.2, -0.15) is 0 Å². The number of aliphatic carboxylic acids is 1. The predicted octanol–water partition coefficient (Wildman–Crippen LogP) is 0.840. The van der Waals surface area contributed by atoms with E-state index < -0.39 is 5.97 Å². The molecule has 3 rings (SSSR count). The number of nitrogens with zero attached hydrogens (tertiary/aromatic N) is 1. The molecular formula is C14H22N2O3. The lowest BCUT2D eigenvalue weighted by Gasteiger charge is -2.22. The third-order valence-electron chi connectivity index (χ3n) is 5.09. The van der Waals surface area contributed by atoms with Gasteiger partial charge in [-0.15, -0.1) is 0 Å². The van der Waals surface area contributed by atoms with Crippen molar-refractivity contribution in [1.82, 2.24) is 10.2 Å². The number of carboxylic acid groups (broad SMARTS) is 1. The van der Waals surface area contributed by atoms with E-state index in [1.54, 1.807) is 0 Å². The van der Waals surface area contributed by atoms with Crippen LogP contribution in [0.15, 0.2) is 0 Å². The molecule has 0 radical (unpaired) electrons. The summed E-state index contributed by atoms with van der Waals surface area (Å²) in [6.07, 6.45) is 5.36. The Morgan fingerprint density at radius 2 is 1.84 bits per heavy atom. The van der Waals surface area contributed by atoms with Crippen molar-refractivity contribution in [3.8, 4) is 0 Å². The summed E-state index contributed by atoms with van der Waals surface area (Å²) in [5.74, 6) is -1.07. The zero-order valence-corrected chi connectivity index (χ0v) is 11.2. The van der Waals surface area contributed by atoms with Crippen LogP contribution in [0.1, 0.15) is 38.5 Å². The maximum atomic E-state index is 12.2. The van der Waals surface area contributed by atoms with Gasteiger partial charge in [-0.25, -0.2) is 0 Å². The predicted molar refractivity (Wildman–Crippen MR) is 69.6 cm³/mol. The van der Waals surface area contributed by atoms with E-state index in [9.17, 15) is 9.59 Å². The Balaban J connectivity index is 1.53. The van der Waals surface area contributed by atoms with Crippen LogP contribution in [0.4, 0.5) is 0 Å². The molecule has 1 saturated carbocycles. The number of fused-ring (bicyclic) bond motifs is 1. The van der Waals surface area contributed by atoms with Crippen LogP contribution in [0, 0.1) is 11.8 Å². The van der Waals surface area contributed by atoms with Crippen LogP contribution >= 0.6 is 0 Å². The van der Waals surface area contributed by atoms with E-state index >= 15 is 0 Å². The van der Waals surface area contributed by atoms with Crippen LogP contribution in [0.25, 0.3) is 0 Å². The van der Waals surface area contributed by atoms with Gasteiger partial charge in [0, 0.05) is 24.5 Å². The first-order valence-electron chi connectivity index (χ1n) is 7.42. The molecule has 2 heterocycles. The molecule has 2 saturated heterocycles. The number of nitrogens with one attached hydrogen (secondary N) is 1. The molecule has 4 atom stereocenters. The molecule has 4 unspecified atom stereocenters. The molecule has 0 aromatic rings. The minimum atomic E-state index is -0.752. The van der Waals surface area contributed by atoms with Gasteiger partial charge in [0.2, 0.25) is 5.91 Å². The van der Waals surface area contributed by atoms with Crippen LogP contribution < -0.4 is 5.32 Å². The Bertz CT molecular complexity index is 385. The fourth-order valence-corrected chi connectivity index (χ4v) is 4.00. The largest absolute Gasteiger partial charge is 0.481 e. The highest BCUT2D eigenvalue weighted by molar-refractivity contribution is 5.81. The summed E-state index contributed by atoms with van der Waals surface area (Å²) in [6.45, 7) is 2.26. The van der Waals surface area contributed by atoms with E-state index in [1.165, 1.54) is 19.4 Å². The summed E-state index contributed by atoms with van der Waals surface area (Å²) in [5, 5.41) is 12.2. The van der Waals surface area contributed by atoms with Gasteiger partial charge < -0.3 is 10.4 Å². The number of rotatable bonds is 3. The molecule has 19 heavy (non-hydrogen) atoms. The molecule has 1 aliphatic carbocycles. The van der Waals surface area contributed by atoms with E-state index in [1.807, 2.05) is 0 Å². The van der Waals surface area contributed by atoms with Crippen molar-refractivity contribution < 1.29 is 14.7 Å². The summed E-state index contributed by atoms with van der Waals surface area (Å²) in [5.41, 5.74) is 0. The topological polar surface area (TPSA) is 69.6 Å². The van der Waals surface area contributed by atoms with Gasteiger partial charge in [-0.1, -0.05) is 0 Å². The van der Waals surface area contributed by atoms with E-state index in [2.05, 4.69) is 10.2 Å². The number of carbonyl (C=O) groups excluding carboxylic acids is 1. The Kier molecular flexibility index (Phi) is 3.48.